The van der Waals surface area contributed by atoms with E-state index in [1.165, 1.54) is 12.1 Å². The lowest BCUT2D eigenvalue weighted by Gasteiger charge is -2.17. The smallest absolute Gasteiger partial charge is 0.163 e. The summed E-state index contributed by atoms with van der Waals surface area (Å²) >= 11 is 0. The van der Waals surface area contributed by atoms with Crippen molar-refractivity contribution in [3.8, 4) is 0 Å². The van der Waals surface area contributed by atoms with E-state index in [0.29, 0.717) is 6.42 Å². The summed E-state index contributed by atoms with van der Waals surface area (Å²) in [5.41, 5.74) is 2.69. The minimum absolute atomic E-state index is 0.195. The second kappa shape index (κ2) is 5.24. The van der Waals surface area contributed by atoms with Crippen LogP contribution >= 0.6 is 0 Å². The molecule has 0 saturated carbocycles. The number of hydrazine groups is 1. The van der Waals surface area contributed by atoms with Crippen molar-refractivity contribution in [1.82, 2.24) is 15.0 Å². The van der Waals surface area contributed by atoms with E-state index in [1.54, 1.807) is 12.4 Å². The van der Waals surface area contributed by atoms with Crippen LogP contribution in [-0.2, 0) is 13.5 Å². The van der Waals surface area contributed by atoms with Crippen LogP contribution in [0.3, 0.4) is 0 Å². The van der Waals surface area contributed by atoms with Gasteiger partial charge in [-0.05, 0) is 6.07 Å². The molecule has 1 aromatic carbocycles. The van der Waals surface area contributed by atoms with Crippen molar-refractivity contribution in [3.63, 3.8) is 0 Å². The van der Waals surface area contributed by atoms with Gasteiger partial charge in [-0.2, -0.15) is 0 Å². The van der Waals surface area contributed by atoms with Gasteiger partial charge in [0.15, 0.2) is 11.6 Å². The number of benzene rings is 1. The largest absolute Gasteiger partial charge is 0.338 e. The molecule has 0 aliphatic rings. The second-order valence-corrected chi connectivity index (χ2v) is 4.02. The molecule has 1 heterocycles. The number of aromatic nitrogens is 2. The van der Waals surface area contributed by atoms with Crippen molar-refractivity contribution in [2.24, 2.45) is 12.9 Å². The Morgan fingerprint density at radius 1 is 1.44 bits per heavy atom. The second-order valence-electron chi connectivity index (χ2n) is 4.02. The predicted octanol–water partition coefficient (Wildman–Crippen LogP) is 1.45. The minimum Gasteiger partial charge on any atom is -0.338 e. The molecule has 1 atom stereocenters. The first-order valence-electron chi connectivity index (χ1n) is 5.49. The van der Waals surface area contributed by atoms with Crippen molar-refractivity contribution in [3.05, 3.63) is 53.6 Å². The molecule has 0 aliphatic carbocycles. The number of rotatable bonds is 4. The number of nitrogens with one attached hydrogen (secondary N) is 1. The Labute approximate surface area is 103 Å². The van der Waals surface area contributed by atoms with Crippen LogP contribution in [0.4, 0.5) is 8.78 Å². The maximum atomic E-state index is 13.7. The van der Waals surface area contributed by atoms with Gasteiger partial charge in [0.1, 0.15) is 5.82 Å². The third kappa shape index (κ3) is 2.39. The van der Waals surface area contributed by atoms with Gasteiger partial charge in [0.25, 0.3) is 0 Å². The van der Waals surface area contributed by atoms with Gasteiger partial charge in [0.2, 0.25) is 0 Å². The van der Waals surface area contributed by atoms with Crippen LogP contribution < -0.4 is 11.3 Å². The zero-order chi connectivity index (χ0) is 13.1. The Morgan fingerprint density at radius 2 is 2.22 bits per heavy atom. The summed E-state index contributed by atoms with van der Waals surface area (Å²) in [7, 11) is 1.83. The molecule has 0 amide bonds. The van der Waals surface area contributed by atoms with E-state index in [1.807, 2.05) is 11.6 Å². The molecule has 2 rings (SSSR count). The zero-order valence-corrected chi connectivity index (χ0v) is 9.90. The molecule has 0 aliphatic heterocycles. The average Bonchev–Trinajstić information content (AvgIpc) is 2.76. The molecule has 6 heteroatoms. The zero-order valence-electron chi connectivity index (χ0n) is 9.90. The molecule has 1 unspecified atom stereocenters. The van der Waals surface area contributed by atoms with Crippen molar-refractivity contribution in [2.75, 3.05) is 0 Å². The highest BCUT2D eigenvalue weighted by Crippen LogP contribution is 2.21. The quantitative estimate of drug-likeness (QED) is 0.639. The average molecular weight is 252 g/mol. The summed E-state index contributed by atoms with van der Waals surface area (Å²) in [6.07, 6.45) is 3.80. The summed E-state index contributed by atoms with van der Waals surface area (Å²) < 4.78 is 28.6. The third-order valence-electron chi connectivity index (χ3n) is 2.87. The standard InChI is InChI=1S/C12H14F2N4/c1-18-6-5-16-11(18)7-10(17-15)8-3-2-4-9(13)12(8)14/h2-6,10,17H,7,15H2,1H3. The monoisotopic (exact) mass is 252 g/mol. The number of nitrogens with two attached hydrogens (primary N) is 1. The molecular formula is C12H14F2N4. The predicted molar refractivity (Wildman–Crippen MR) is 63.3 cm³/mol. The molecule has 0 bridgehead atoms. The first kappa shape index (κ1) is 12.7. The molecule has 1 aromatic heterocycles. The SMILES string of the molecule is Cn1ccnc1CC(NN)c1cccc(F)c1F. The Morgan fingerprint density at radius 3 is 2.83 bits per heavy atom. The Kier molecular flexibility index (Phi) is 3.69. The molecule has 3 N–H and O–H groups in total. The van der Waals surface area contributed by atoms with Crippen molar-refractivity contribution in [1.29, 1.82) is 0 Å². The maximum Gasteiger partial charge on any atom is 0.163 e. The van der Waals surface area contributed by atoms with E-state index in [9.17, 15) is 8.78 Å². The van der Waals surface area contributed by atoms with Crippen LogP contribution in [0.1, 0.15) is 17.4 Å². The fourth-order valence-corrected chi connectivity index (χ4v) is 1.82. The van der Waals surface area contributed by atoms with Crippen LogP contribution in [0, 0.1) is 11.6 Å². The number of imidazole rings is 1. The molecule has 0 radical (unpaired) electrons. The Balaban J connectivity index is 2.29. The van der Waals surface area contributed by atoms with Gasteiger partial charge in [0.05, 0.1) is 6.04 Å². The highest BCUT2D eigenvalue weighted by atomic mass is 19.2. The maximum absolute atomic E-state index is 13.7. The normalized spacial score (nSPS) is 12.7. The van der Waals surface area contributed by atoms with Gasteiger partial charge >= 0.3 is 0 Å². The van der Waals surface area contributed by atoms with E-state index in [0.717, 1.165) is 11.9 Å². The van der Waals surface area contributed by atoms with Gasteiger partial charge in [-0.3, -0.25) is 11.3 Å². The van der Waals surface area contributed by atoms with Gasteiger partial charge < -0.3 is 4.57 Å². The van der Waals surface area contributed by atoms with Crippen LogP contribution in [0.15, 0.2) is 30.6 Å². The van der Waals surface area contributed by atoms with E-state index < -0.39 is 17.7 Å². The van der Waals surface area contributed by atoms with E-state index in [4.69, 9.17) is 5.84 Å². The number of aryl methyl sites for hydroxylation is 1. The summed E-state index contributed by atoms with van der Waals surface area (Å²) in [5, 5.41) is 0. The van der Waals surface area contributed by atoms with E-state index >= 15 is 0 Å². The van der Waals surface area contributed by atoms with E-state index in [-0.39, 0.29) is 5.56 Å². The Hall–Kier alpha value is -1.79. The summed E-state index contributed by atoms with van der Waals surface area (Å²) in [4.78, 5) is 4.13. The van der Waals surface area contributed by atoms with Gasteiger partial charge in [0, 0.05) is 31.4 Å². The first-order valence-corrected chi connectivity index (χ1v) is 5.49. The number of hydrogen-bond donors (Lipinski definition) is 2. The molecule has 0 saturated heterocycles. The third-order valence-corrected chi connectivity index (χ3v) is 2.87. The summed E-state index contributed by atoms with van der Waals surface area (Å²) in [6, 6.07) is 3.51. The Bertz CT molecular complexity index is 539. The lowest BCUT2D eigenvalue weighted by Crippen LogP contribution is -2.31. The van der Waals surface area contributed by atoms with Crippen molar-refractivity contribution >= 4 is 0 Å². The fourth-order valence-electron chi connectivity index (χ4n) is 1.82. The molecule has 18 heavy (non-hydrogen) atoms. The van der Waals surface area contributed by atoms with Gasteiger partial charge in [-0.15, -0.1) is 0 Å². The molecule has 2 aromatic rings. The van der Waals surface area contributed by atoms with Crippen molar-refractivity contribution in [2.45, 2.75) is 12.5 Å². The molecule has 0 spiro atoms. The number of nitrogens with zero attached hydrogens (tertiary/aromatic N) is 2. The van der Waals surface area contributed by atoms with Gasteiger partial charge in [-0.1, -0.05) is 12.1 Å². The van der Waals surface area contributed by atoms with Crippen molar-refractivity contribution < 1.29 is 8.78 Å². The van der Waals surface area contributed by atoms with Crippen LogP contribution in [0.25, 0.3) is 0 Å². The number of hydrogen-bond acceptors (Lipinski definition) is 3. The lowest BCUT2D eigenvalue weighted by atomic mass is 10.0. The van der Waals surface area contributed by atoms with Gasteiger partial charge in [-0.25, -0.2) is 13.8 Å². The van der Waals surface area contributed by atoms with Crippen LogP contribution in [0.5, 0.6) is 0 Å². The highest BCUT2D eigenvalue weighted by molar-refractivity contribution is 5.23. The first-order chi connectivity index (χ1) is 8.63. The number of halogens is 2. The molecular weight excluding hydrogens is 238 g/mol. The molecule has 96 valence electrons. The van der Waals surface area contributed by atoms with E-state index in [2.05, 4.69) is 10.4 Å². The summed E-state index contributed by atoms with van der Waals surface area (Å²) in [5.74, 6) is 4.39. The van der Waals surface area contributed by atoms with Crippen LogP contribution in [0.2, 0.25) is 0 Å². The highest BCUT2D eigenvalue weighted by Gasteiger charge is 2.19. The topological polar surface area (TPSA) is 55.9 Å². The minimum atomic E-state index is -0.882. The summed E-state index contributed by atoms with van der Waals surface area (Å²) in [6.45, 7) is 0. The van der Waals surface area contributed by atoms with Crippen LogP contribution in [-0.4, -0.2) is 9.55 Å². The lowest BCUT2D eigenvalue weighted by molar-refractivity contribution is 0.458. The molecule has 4 nitrogen and oxygen atoms in total. The fraction of sp³-hybridized carbons (Fsp3) is 0.250. The molecule has 0 fully saturated rings.